The molecule has 0 aliphatic carbocycles. The maximum Gasteiger partial charge on any atom is 0.313 e. The van der Waals surface area contributed by atoms with Crippen LogP contribution in [0.15, 0.2) is 0 Å². The number of aliphatic hydroxyl groups is 1. The van der Waals surface area contributed by atoms with E-state index in [1.54, 1.807) is 6.92 Å². The van der Waals surface area contributed by atoms with E-state index in [2.05, 4.69) is 6.92 Å². The molecule has 0 bridgehead atoms. The quantitative estimate of drug-likeness (QED) is 0.662. The van der Waals surface area contributed by atoms with E-state index in [1.165, 1.54) is 0 Å². The molecule has 13 heavy (non-hydrogen) atoms. The second kappa shape index (κ2) is 4.61. The number of esters is 1. The van der Waals surface area contributed by atoms with Gasteiger partial charge in [0.15, 0.2) is 0 Å². The van der Waals surface area contributed by atoms with Crippen LogP contribution in [0.4, 0.5) is 0 Å². The third-order valence-electron chi connectivity index (χ3n) is 2.46. The lowest BCUT2D eigenvalue weighted by molar-refractivity contribution is -0.188. The van der Waals surface area contributed by atoms with Crippen LogP contribution < -0.4 is 0 Å². The molecule has 1 aliphatic rings. The largest absolute Gasteiger partial charge is 0.461 e. The number of cyclic esters (lactones) is 1. The zero-order valence-corrected chi connectivity index (χ0v) is 8.32. The third-order valence-corrected chi connectivity index (χ3v) is 2.46. The van der Waals surface area contributed by atoms with Crippen molar-refractivity contribution in [2.24, 2.45) is 5.92 Å². The first-order chi connectivity index (χ1) is 6.15. The van der Waals surface area contributed by atoms with Crippen molar-refractivity contribution in [3.8, 4) is 0 Å². The van der Waals surface area contributed by atoms with E-state index in [-0.39, 0.29) is 24.1 Å². The Balaban J connectivity index is 2.28. The molecule has 0 aromatic heterocycles. The van der Waals surface area contributed by atoms with Gasteiger partial charge in [-0.15, -0.1) is 0 Å². The van der Waals surface area contributed by atoms with Crippen LogP contribution in [0.5, 0.6) is 0 Å². The minimum Gasteiger partial charge on any atom is -0.461 e. The molecule has 1 unspecified atom stereocenters. The summed E-state index contributed by atoms with van der Waals surface area (Å²) in [4.78, 5) is 11.0. The van der Waals surface area contributed by atoms with E-state index in [1.807, 2.05) is 0 Å². The SMILES string of the molecule is CCCC[C@@H]1C(=O)OC1C[C@@H](C)O. The van der Waals surface area contributed by atoms with Gasteiger partial charge in [-0.1, -0.05) is 19.8 Å². The van der Waals surface area contributed by atoms with Gasteiger partial charge < -0.3 is 9.84 Å². The van der Waals surface area contributed by atoms with Crippen molar-refractivity contribution in [3.63, 3.8) is 0 Å². The van der Waals surface area contributed by atoms with Gasteiger partial charge in [0.1, 0.15) is 6.10 Å². The molecule has 1 heterocycles. The summed E-state index contributed by atoms with van der Waals surface area (Å²) in [5.41, 5.74) is 0. The molecule has 1 saturated heterocycles. The molecule has 3 heteroatoms. The summed E-state index contributed by atoms with van der Waals surface area (Å²) in [6, 6.07) is 0. The Morgan fingerprint density at radius 1 is 1.62 bits per heavy atom. The number of rotatable bonds is 5. The fraction of sp³-hybridized carbons (Fsp3) is 0.900. The van der Waals surface area contributed by atoms with Crippen molar-refractivity contribution in [2.75, 3.05) is 0 Å². The molecule has 1 N–H and O–H groups in total. The van der Waals surface area contributed by atoms with Crippen LogP contribution in [-0.4, -0.2) is 23.3 Å². The topological polar surface area (TPSA) is 46.5 Å². The minimum absolute atomic E-state index is 0.0287. The van der Waals surface area contributed by atoms with Crippen molar-refractivity contribution >= 4 is 5.97 Å². The summed E-state index contributed by atoms with van der Waals surface area (Å²) in [5.74, 6) is -0.0337. The first-order valence-corrected chi connectivity index (χ1v) is 5.03. The lowest BCUT2D eigenvalue weighted by Crippen LogP contribution is -2.46. The van der Waals surface area contributed by atoms with Gasteiger partial charge in [-0.3, -0.25) is 4.79 Å². The molecule has 0 radical (unpaired) electrons. The molecule has 1 fully saturated rings. The summed E-state index contributed by atoms with van der Waals surface area (Å²) >= 11 is 0. The number of hydrogen-bond acceptors (Lipinski definition) is 3. The van der Waals surface area contributed by atoms with Gasteiger partial charge in [0.25, 0.3) is 0 Å². The van der Waals surface area contributed by atoms with Gasteiger partial charge in [-0.25, -0.2) is 0 Å². The second-order valence-electron chi connectivity index (χ2n) is 3.81. The fourth-order valence-electron chi connectivity index (χ4n) is 1.67. The van der Waals surface area contributed by atoms with E-state index in [4.69, 9.17) is 9.84 Å². The Kier molecular flexibility index (Phi) is 3.72. The molecule has 0 aromatic rings. The first kappa shape index (κ1) is 10.5. The van der Waals surface area contributed by atoms with Crippen LogP contribution in [-0.2, 0) is 9.53 Å². The molecule has 3 nitrogen and oxygen atoms in total. The zero-order chi connectivity index (χ0) is 9.84. The standard InChI is InChI=1S/C10H18O3/c1-3-4-5-8-9(6-7(2)11)13-10(8)12/h7-9,11H,3-6H2,1-2H3/t7-,8+,9?/m1/s1. The van der Waals surface area contributed by atoms with E-state index in [9.17, 15) is 4.79 Å². The van der Waals surface area contributed by atoms with E-state index < -0.39 is 0 Å². The third kappa shape index (κ3) is 2.69. The van der Waals surface area contributed by atoms with Crippen molar-refractivity contribution in [1.82, 2.24) is 0 Å². The number of ether oxygens (including phenoxy) is 1. The highest BCUT2D eigenvalue weighted by Gasteiger charge is 2.41. The number of carbonyl (C=O) groups is 1. The van der Waals surface area contributed by atoms with Crippen LogP contribution in [0.25, 0.3) is 0 Å². The second-order valence-corrected chi connectivity index (χ2v) is 3.81. The molecule has 1 rings (SSSR count). The first-order valence-electron chi connectivity index (χ1n) is 5.03. The molecule has 0 spiro atoms. The number of carbonyl (C=O) groups excluding carboxylic acids is 1. The van der Waals surface area contributed by atoms with Crippen molar-refractivity contribution in [2.45, 2.75) is 51.7 Å². The molecule has 0 aromatic carbocycles. The summed E-state index contributed by atoms with van der Waals surface area (Å²) < 4.78 is 4.96. The molecular formula is C10H18O3. The summed E-state index contributed by atoms with van der Waals surface area (Å²) in [7, 11) is 0. The van der Waals surface area contributed by atoms with Crippen LogP contribution in [0.3, 0.4) is 0 Å². The summed E-state index contributed by atoms with van der Waals surface area (Å²) in [6.07, 6.45) is 3.26. The maximum absolute atomic E-state index is 11.0. The van der Waals surface area contributed by atoms with Gasteiger partial charge in [-0.05, 0) is 13.3 Å². The lowest BCUT2D eigenvalue weighted by atomic mass is 9.88. The van der Waals surface area contributed by atoms with Gasteiger partial charge in [-0.2, -0.15) is 0 Å². The van der Waals surface area contributed by atoms with E-state index in [0.29, 0.717) is 6.42 Å². The average molecular weight is 186 g/mol. The number of hydrogen-bond donors (Lipinski definition) is 1. The predicted molar refractivity (Wildman–Crippen MR) is 49.2 cm³/mol. The van der Waals surface area contributed by atoms with Gasteiger partial charge in [0.05, 0.1) is 12.0 Å². The highest BCUT2D eigenvalue weighted by molar-refractivity contribution is 5.78. The summed E-state index contributed by atoms with van der Waals surface area (Å²) in [6.45, 7) is 3.83. The van der Waals surface area contributed by atoms with Crippen molar-refractivity contribution < 1.29 is 14.6 Å². The fourth-order valence-corrected chi connectivity index (χ4v) is 1.67. The van der Waals surface area contributed by atoms with E-state index in [0.717, 1.165) is 19.3 Å². The molecule has 76 valence electrons. The van der Waals surface area contributed by atoms with Crippen LogP contribution >= 0.6 is 0 Å². The lowest BCUT2D eigenvalue weighted by Gasteiger charge is -2.35. The average Bonchev–Trinajstić information content (AvgIpc) is 2.03. The Hall–Kier alpha value is -0.570. The Morgan fingerprint density at radius 3 is 2.77 bits per heavy atom. The number of unbranched alkanes of at least 4 members (excludes halogenated alkanes) is 1. The molecule has 1 aliphatic heterocycles. The molecule has 0 saturated carbocycles. The smallest absolute Gasteiger partial charge is 0.313 e. The minimum atomic E-state index is -0.373. The summed E-state index contributed by atoms with van der Waals surface area (Å²) in [5, 5.41) is 9.13. The Bertz CT molecular complexity index is 177. The zero-order valence-electron chi connectivity index (χ0n) is 8.32. The van der Waals surface area contributed by atoms with Crippen LogP contribution in [0.1, 0.15) is 39.5 Å². The van der Waals surface area contributed by atoms with Crippen molar-refractivity contribution in [1.29, 1.82) is 0 Å². The monoisotopic (exact) mass is 186 g/mol. The highest BCUT2D eigenvalue weighted by atomic mass is 16.6. The predicted octanol–water partition coefficient (Wildman–Crippen LogP) is 1.49. The normalized spacial score (nSPS) is 29.3. The molecule has 3 atom stereocenters. The van der Waals surface area contributed by atoms with Gasteiger partial charge in [0.2, 0.25) is 0 Å². The van der Waals surface area contributed by atoms with Crippen LogP contribution in [0.2, 0.25) is 0 Å². The van der Waals surface area contributed by atoms with Gasteiger partial charge in [0, 0.05) is 6.42 Å². The highest BCUT2D eigenvalue weighted by Crippen LogP contribution is 2.30. The van der Waals surface area contributed by atoms with Crippen LogP contribution in [0, 0.1) is 5.92 Å². The van der Waals surface area contributed by atoms with E-state index >= 15 is 0 Å². The van der Waals surface area contributed by atoms with Crippen molar-refractivity contribution in [3.05, 3.63) is 0 Å². The number of aliphatic hydroxyl groups excluding tert-OH is 1. The maximum atomic E-state index is 11.0. The Labute approximate surface area is 79.1 Å². The Morgan fingerprint density at radius 2 is 2.31 bits per heavy atom. The van der Waals surface area contributed by atoms with Gasteiger partial charge >= 0.3 is 5.97 Å². The molecular weight excluding hydrogens is 168 g/mol. The molecule has 0 amide bonds.